The van der Waals surface area contributed by atoms with Gasteiger partial charge >= 0.3 is 0 Å². The first-order valence-corrected chi connectivity index (χ1v) is 5.38. The Hall–Kier alpha value is -1.49. The summed E-state index contributed by atoms with van der Waals surface area (Å²) >= 11 is 0. The zero-order chi connectivity index (χ0) is 12.8. The van der Waals surface area contributed by atoms with Crippen molar-refractivity contribution in [2.24, 2.45) is 5.73 Å². The monoisotopic (exact) mass is 242 g/mol. The van der Waals surface area contributed by atoms with Crippen molar-refractivity contribution in [3.8, 4) is 0 Å². The van der Waals surface area contributed by atoms with E-state index in [1.54, 1.807) is 24.3 Å². The molecule has 0 spiro atoms. The predicted molar refractivity (Wildman–Crippen MR) is 62.1 cm³/mol. The van der Waals surface area contributed by atoms with Gasteiger partial charge in [0.1, 0.15) is 0 Å². The first-order valence-electron chi connectivity index (χ1n) is 5.38. The van der Waals surface area contributed by atoms with Crippen LogP contribution >= 0.6 is 0 Å². The van der Waals surface area contributed by atoms with E-state index in [-0.39, 0.29) is 13.1 Å². The molecule has 94 valence electrons. The number of nitrogens with two attached hydrogens (primary N) is 1. The second kappa shape index (κ2) is 6.30. The topological polar surface area (TPSA) is 46.3 Å². The molecule has 5 heteroatoms. The fraction of sp³-hybridized carbons (Fsp3) is 0.417. The number of halogens is 2. The van der Waals surface area contributed by atoms with E-state index < -0.39 is 18.9 Å². The highest BCUT2D eigenvalue weighted by Crippen LogP contribution is 2.08. The molecule has 0 atom stereocenters. The van der Waals surface area contributed by atoms with Gasteiger partial charge in [0, 0.05) is 18.7 Å². The molecule has 3 nitrogen and oxygen atoms in total. The Bertz CT molecular complexity index is 365. The van der Waals surface area contributed by atoms with Gasteiger partial charge in [-0.2, -0.15) is 0 Å². The van der Waals surface area contributed by atoms with Crippen molar-refractivity contribution in [1.29, 1.82) is 0 Å². The Morgan fingerprint density at radius 1 is 1.35 bits per heavy atom. The molecule has 0 unspecified atom stereocenters. The Morgan fingerprint density at radius 3 is 2.41 bits per heavy atom. The third-order valence-corrected chi connectivity index (χ3v) is 2.34. The molecule has 0 heterocycles. The highest BCUT2D eigenvalue weighted by molar-refractivity contribution is 5.94. The van der Waals surface area contributed by atoms with Gasteiger partial charge in [0.05, 0.1) is 6.54 Å². The number of benzene rings is 1. The maximum atomic E-state index is 12.3. The molecule has 1 aromatic rings. The molecular formula is C12H16F2N2O. The van der Waals surface area contributed by atoms with Crippen LogP contribution in [0.25, 0.3) is 0 Å². The molecule has 0 aliphatic carbocycles. The normalized spacial score (nSPS) is 10.6. The van der Waals surface area contributed by atoms with E-state index in [0.29, 0.717) is 5.56 Å². The Morgan fingerprint density at radius 2 is 1.94 bits per heavy atom. The van der Waals surface area contributed by atoms with Crippen molar-refractivity contribution < 1.29 is 13.6 Å². The highest BCUT2D eigenvalue weighted by atomic mass is 19.3. The van der Waals surface area contributed by atoms with Crippen molar-refractivity contribution in [3.63, 3.8) is 0 Å². The molecule has 0 aliphatic rings. The Kier molecular flexibility index (Phi) is 5.03. The number of nitrogens with zero attached hydrogens (tertiary/aromatic N) is 1. The molecule has 1 aromatic carbocycles. The van der Waals surface area contributed by atoms with Gasteiger partial charge in [-0.05, 0) is 19.1 Å². The van der Waals surface area contributed by atoms with E-state index in [2.05, 4.69) is 0 Å². The SMILES string of the molecule is Cc1ccc(C(=O)N(CCN)CC(F)F)cc1. The minimum Gasteiger partial charge on any atom is -0.332 e. The molecule has 0 aliphatic heterocycles. The summed E-state index contributed by atoms with van der Waals surface area (Å²) in [6.45, 7) is 1.62. The second-order valence-electron chi connectivity index (χ2n) is 3.80. The lowest BCUT2D eigenvalue weighted by Gasteiger charge is -2.21. The quantitative estimate of drug-likeness (QED) is 0.853. The summed E-state index contributed by atoms with van der Waals surface area (Å²) in [6, 6.07) is 6.81. The molecule has 0 saturated heterocycles. The van der Waals surface area contributed by atoms with Crippen molar-refractivity contribution in [2.75, 3.05) is 19.6 Å². The zero-order valence-electron chi connectivity index (χ0n) is 9.70. The molecule has 0 saturated carbocycles. The molecule has 1 rings (SSSR count). The number of hydrogen-bond donors (Lipinski definition) is 1. The summed E-state index contributed by atoms with van der Waals surface area (Å²) in [6.07, 6.45) is -2.55. The first kappa shape index (κ1) is 13.6. The van der Waals surface area contributed by atoms with Crippen LogP contribution in [0.4, 0.5) is 8.78 Å². The molecule has 0 fully saturated rings. The van der Waals surface area contributed by atoms with Gasteiger partial charge in [0.15, 0.2) is 0 Å². The lowest BCUT2D eigenvalue weighted by atomic mass is 10.1. The third kappa shape index (κ3) is 4.11. The standard InChI is InChI=1S/C12H16F2N2O/c1-9-2-4-10(5-3-9)12(17)16(7-6-15)8-11(13)14/h2-5,11H,6-8,15H2,1H3. The number of aryl methyl sites for hydroxylation is 1. The maximum absolute atomic E-state index is 12.3. The zero-order valence-corrected chi connectivity index (χ0v) is 9.70. The van der Waals surface area contributed by atoms with Gasteiger partial charge in [-0.15, -0.1) is 0 Å². The number of hydrogen-bond acceptors (Lipinski definition) is 2. The van der Waals surface area contributed by atoms with Crippen LogP contribution in [0.5, 0.6) is 0 Å². The molecule has 17 heavy (non-hydrogen) atoms. The average Bonchev–Trinajstić information content (AvgIpc) is 2.28. The largest absolute Gasteiger partial charge is 0.332 e. The van der Waals surface area contributed by atoms with E-state index in [1.165, 1.54) is 0 Å². The lowest BCUT2D eigenvalue weighted by Crippen LogP contribution is -2.38. The molecule has 0 bridgehead atoms. The van der Waals surface area contributed by atoms with Gasteiger partial charge < -0.3 is 10.6 Å². The van der Waals surface area contributed by atoms with Gasteiger partial charge in [-0.25, -0.2) is 8.78 Å². The van der Waals surface area contributed by atoms with E-state index in [9.17, 15) is 13.6 Å². The highest BCUT2D eigenvalue weighted by Gasteiger charge is 2.18. The van der Waals surface area contributed by atoms with Crippen LogP contribution in [0, 0.1) is 6.92 Å². The minimum absolute atomic E-state index is 0.136. The van der Waals surface area contributed by atoms with Crippen molar-refractivity contribution in [2.45, 2.75) is 13.3 Å². The number of rotatable bonds is 5. The molecular weight excluding hydrogens is 226 g/mol. The van der Waals surface area contributed by atoms with E-state index in [1.807, 2.05) is 6.92 Å². The van der Waals surface area contributed by atoms with Crippen LogP contribution in [-0.4, -0.2) is 36.9 Å². The maximum Gasteiger partial charge on any atom is 0.255 e. The van der Waals surface area contributed by atoms with Crippen LogP contribution in [0.2, 0.25) is 0 Å². The van der Waals surface area contributed by atoms with Gasteiger partial charge in [0.2, 0.25) is 0 Å². The molecule has 2 N–H and O–H groups in total. The summed E-state index contributed by atoms with van der Waals surface area (Å²) in [5.41, 5.74) is 6.73. The van der Waals surface area contributed by atoms with Gasteiger partial charge in [0.25, 0.3) is 12.3 Å². The van der Waals surface area contributed by atoms with Crippen LogP contribution in [-0.2, 0) is 0 Å². The van der Waals surface area contributed by atoms with Crippen LogP contribution in [0.15, 0.2) is 24.3 Å². The summed E-state index contributed by atoms with van der Waals surface area (Å²) in [4.78, 5) is 13.0. The Labute approximate surface area is 99.2 Å². The molecule has 0 radical (unpaired) electrons. The summed E-state index contributed by atoms with van der Waals surface area (Å²) in [5.74, 6) is -0.407. The smallest absolute Gasteiger partial charge is 0.255 e. The third-order valence-electron chi connectivity index (χ3n) is 2.34. The fourth-order valence-corrected chi connectivity index (χ4v) is 1.48. The van der Waals surface area contributed by atoms with Crippen molar-refractivity contribution >= 4 is 5.91 Å². The molecule has 0 aromatic heterocycles. The van der Waals surface area contributed by atoms with Gasteiger partial charge in [-0.1, -0.05) is 17.7 Å². The first-order chi connectivity index (χ1) is 8.04. The summed E-state index contributed by atoms with van der Waals surface area (Å²) in [7, 11) is 0. The minimum atomic E-state index is -2.55. The van der Waals surface area contributed by atoms with E-state index >= 15 is 0 Å². The average molecular weight is 242 g/mol. The number of alkyl halides is 2. The number of carbonyl (C=O) groups is 1. The summed E-state index contributed by atoms with van der Waals surface area (Å²) in [5, 5.41) is 0. The van der Waals surface area contributed by atoms with Crippen LogP contribution in [0.1, 0.15) is 15.9 Å². The van der Waals surface area contributed by atoms with Crippen molar-refractivity contribution in [1.82, 2.24) is 4.90 Å². The fourth-order valence-electron chi connectivity index (χ4n) is 1.48. The lowest BCUT2D eigenvalue weighted by molar-refractivity contribution is 0.0563. The van der Waals surface area contributed by atoms with Gasteiger partial charge in [-0.3, -0.25) is 4.79 Å². The Balaban J connectivity index is 2.79. The summed E-state index contributed by atoms with van der Waals surface area (Å²) < 4.78 is 24.6. The van der Waals surface area contributed by atoms with E-state index in [0.717, 1.165) is 10.5 Å². The van der Waals surface area contributed by atoms with Crippen molar-refractivity contribution in [3.05, 3.63) is 35.4 Å². The molecule has 1 amide bonds. The van der Waals surface area contributed by atoms with E-state index in [4.69, 9.17) is 5.73 Å². The predicted octanol–water partition coefficient (Wildman–Crippen LogP) is 1.66. The number of amides is 1. The van der Waals surface area contributed by atoms with Crippen LogP contribution in [0.3, 0.4) is 0 Å². The number of carbonyl (C=O) groups excluding carboxylic acids is 1. The second-order valence-corrected chi connectivity index (χ2v) is 3.80. The van der Waals surface area contributed by atoms with Crippen LogP contribution < -0.4 is 5.73 Å².